The summed E-state index contributed by atoms with van der Waals surface area (Å²) in [6.07, 6.45) is 3.93. The maximum atomic E-state index is 11.7. The van der Waals surface area contributed by atoms with E-state index in [4.69, 9.17) is 5.73 Å². The van der Waals surface area contributed by atoms with E-state index >= 15 is 0 Å². The fraction of sp³-hybridized carbons (Fsp3) is 0. The Hall–Kier alpha value is -2.37. The summed E-state index contributed by atoms with van der Waals surface area (Å²) in [7, 11) is 0. The first-order chi connectivity index (χ1) is 7.20. The number of hydrogen-bond donors (Lipinski definition) is 1. The van der Waals surface area contributed by atoms with Gasteiger partial charge in [0.2, 0.25) is 0 Å². The molecule has 2 N–H and O–H groups in total. The predicted molar refractivity (Wildman–Crippen MR) is 49.2 cm³/mol. The van der Waals surface area contributed by atoms with Gasteiger partial charge in [0.1, 0.15) is 12.0 Å². The summed E-state index contributed by atoms with van der Waals surface area (Å²) in [4.78, 5) is 22.7. The Morgan fingerprint density at radius 1 is 1.47 bits per heavy atom. The van der Waals surface area contributed by atoms with Crippen molar-refractivity contribution in [3.8, 4) is 0 Å². The minimum atomic E-state index is -0.662. The van der Waals surface area contributed by atoms with Gasteiger partial charge >= 0.3 is 0 Å². The number of nitrogens with zero attached hydrogens (tertiary/aromatic N) is 2. The van der Waals surface area contributed by atoms with Crippen LogP contribution >= 0.6 is 0 Å². The minimum absolute atomic E-state index is 0.126. The van der Waals surface area contributed by atoms with Crippen LogP contribution in [-0.4, -0.2) is 21.5 Å². The zero-order valence-corrected chi connectivity index (χ0v) is 7.58. The van der Waals surface area contributed by atoms with Crippen LogP contribution in [0.1, 0.15) is 20.8 Å². The average molecular weight is 205 g/mol. The average Bonchev–Trinajstić information content (AvgIpc) is 2.88. The Kier molecular flexibility index (Phi) is 2.09. The van der Waals surface area contributed by atoms with Crippen LogP contribution in [0, 0.1) is 0 Å². The van der Waals surface area contributed by atoms with Crippen molar-refractivity contribution >= 4 is 11.8 Å². The molecular weight excluding hydrogens is 198 g/mol. The molecule has 15 heavy (non-hydrogen) atoms. The van der Waals surface area contributed by atoms with Gasteiger partial charge in [-0.2, -0.15) is 0 Å². The second-order valence-electron chi connectivity index (χ2n) is 2.85. The Morgan fingerprint density at radius 3 is 2.87 bits per heavy atom. The fourth-order valence-corrected chi connectivity index (χ4v) is 1.21. The Morgan fingerprint density at radius 2 is 2.27 bits per heavy atom. The highest BCUT2D eigenvalue weighted by Gasteiger charge is 2.15. The van der Waals surface area contributed by atoms with Crippen molar-refractivity contribution in [2.24, 2.45) is 5.73 Å². The van der Waals surface area contributed by atoms with Gasteiger partial charge in [-0.15, -0.1) is 0 Å². The molecule has 6 heteroatoms. The molecule has 0 aliphatic heterocycles. The molecule has 2 aromatic heterocycles. The third-order valence-electron chi connectivity index (χ3n) is 1.90. The van der Waals surface area contributed by atoms with E-state index < -0.39 is 11.8 Å². The first kappa shape index (κ1) is 9.20. The summed E-state index contributed by atoms with van der Waals surface area (Å²) < 4.78 is 5.68. The monoisotopic (exact) mass is 205 g/mol. The van der Waals surface area contributed by atoms with Crippen LogP contribution in [-0.2, 0) is 0 Å². The molecule has 2 rings (SSSR count). The van der Waals surface area contributed by atoms with Crippen LogP contribution in [0.5, 0.6) is 0 Å². The SMILES string of the molecule is NC(=O)c1cccn1C(=O)c1cnoc1. The van der Waals surface area contributed by atoms with Gasteiger partial charge < -0.3 is 10.3 Å². The number of nitrogens with two attached hydrogens (primary N) is 1. The van der Waals surface area contributed by atoms with Gasteiger partial charge in [-0.05, 0) is 12.1 Å². The molecule has 1 amide bonds. The first-order valence-corrected chi connectivity index (χ1v) is 4.11. The molecule has 6 nitrogen and oxygen atoms in total. The van der Waals surface area contributed by atoms with E-state index in [0.29, 0.717) is 0 Å². The molecule has 0 aliphatic rings. The number of primary amides is 1. The zero-order valence-electron chi connectivity index (χ0n) is 7.58. The number of carbonyl (C=O) groups excluding carboxylic acids is 2. The highest BCUT2D eigenvalue weighted by Crippen LogP contribution is 2.06. The van der Waals surface area contributed by atoms with E-state index in [1.165, 1.54) is 24.7 Å². The summed E-state index contributed by atoms with van der Waals surface area (Å²) in [5, 5.41) is 3.40. The molecule has 76 valence electrons. The number of amides is 1. The fourth-order valence-electron chi connectivity index (χ4n) is 1.21. The Bertz CT molecular complexity index is 498. The van der Waals surface area contributed by atoms with Crippen LogP contribution < -0.4 is 5.73 Å². The maximum absolute atomic E-state index is 11.7. The molecule has 0 radical (unpaired) electrons. The summed E-state index contributed by atoms with van der Waals surface area (Å²) in [6.45, 7) is 0. The second kappa shape index (κ2) is 3.41. The van der Waals surface area contributed by atoms with E-state index in [-0.39, 0.29) is 11.3 Å². The third kappa shape index (κ3) is 1.52. The van der Waals surface area contributed by atoms with Crippen molar-refractivity contribution in [3.63, 3.8) is 0 Å². The summed E-state index contributed by atoms with van der Waals surface area (Å²) in [5.41, 5.74) is 5.48. The van der Waals surface area contributed by atoms with Gasteiger partial charge in [-0.1, -0.05) is 5.16 Å². The smallest absolute Gasteiger partial charge is 0.267 e. The van der Waals surface area contributed by atoms with Gasteiger partial charge in [-0.3, -0.25) is 14.2 Å². The summed E-state index contributed by atoms with van der Waals surface area (Å²) >= 11 is 0. The standard InChI is InChI=1S/C9H7N3O3/c10-8(13)7-2-1-3-12(7)9(14)6-4-11-15-5-6/h1-5H,(H2,10,13). The van der Waals surface area contributed by atoms with Crippen LogP contribution in [0.3, 0.4) is 0 Å². The molecule has 2 aromatic rings. The normalized spacial score (nSPS) is 10.1. The van der Waals surface area contributed by atoms with Gasteiger partial charge in [0.25, 0.3) is 11.8 Å². The quantitative estimate of drug-likeness (QED) is 0.761. The molecule has 0 saturated heterocycles. The third-order valence-corrected chi connectivity index (χ3v) is 1.90. The van der Waals surface area contributed by atoms with E-state index in [2.05, 4.69) is 9.68 Å². The lowest BCUT2D eigenvalue weighted by Gasteiger charge is -2.01. The lowest BCUT2D eigenvalue weighted by molar-refractivity contribution is 0.0922. The van der Waals surface area contributed by atoms with E-state index in [0.717, 1.165) is 4.57 Å². The maximum Gasteiger partial charge on any atom is 0.267 e. The molecule has 0 atom stereocenters. The first-order valence-electron chi connectivity index (χ1n) is 4.11. The van der Waals surface area contributed by atoms with Crippen LogP contribution in [0.2, 0.25) is 0 Å². The Labute approximate surface area is 84.3 Å². The number of rotatable bonds is 2. The number of aromatic nitrogens is 2. The molecule has 0 fully saturated rings. The lowest BCUT2D eigenvalue weighted by Crippen LogP contribution is -2.21. The highest BCUT2D eigenvalue weighted by molar-refractivity contribution is 6.01. The topological polar surface area (TPSA) is 91.1 Å². The molecule has 2 heterocycles. The van der Waals surface area contributed by atoms with Crippen molar-refractivity contribution in [2.45, 2.75) is 0 Å². The summed E-state index contributed by atoms with van der Waals surface area (Å²) in [5.74, 6) is -1.07. The van der Waals surface area contributed by atoms with Crippen molar-refractivity contribution in [1.82, 2.24) is 9.72 Å². The zero-order chi connectivity index (χ0) is 10.8. The number of hydrogen-bond acceptors (Lipinski definition) is 4. The van der Waals surface area contributed by atoms with Gasteiger partial charge in [0.15, 0.2) is 0 Å². The second-order valence-corrected chi connectivity index (χ2v) is 2.85. The molecule has 0 bridgehead atoms. The van der Waals surface area contributed by atoms with Crippen LogP contribution in [0.15, 0.2) is 35.3 Å². The van der Waals surface area contributed by atoms with Crippen molar-refractivity contribution in [2.75, 3.05) is 0 Å². The Balaban J connectivity index is 2.42. The van der Waals surface area contributed by atoms with E-state index in [1.807, 2.05) is 0 Å². The largest absolute Gasteiger partial charge is 0.364 e. The van der Waals surface area contributed by atoms with Crippen molar-refractivity contribution in [3.05, 3.63) is 42.0 Å². The molecule has 0 spiro atoms. The number of carbonyl (C=O) groups is 2. The summed E-state index contributed by atoms with van der Waals surface area (Å²) in [6, 6.07) is 3.03. The van der Waals surface area contributed by atoms with E-state index in [9.17, 15) is 9.59 Å². The highest BCUT2D eigenvalue weighted by atomic mass is 16.5. The van der Waals surface area contributed by atoms with Gasteiger partial charge in [-0.25, -0.2) is 0 Å². The molecule has 0 aromatic carbocycles. The molecular formula is C9H7N3O3. The molecule has 0 unspecified atom stereocenters. The predicted octanol–water partition coefficient (Wildman–Crippen LogP) is 0.264. The van der Waals surface area contributed by atoms with E-state index in [1.54, 1.807) is 6.07 Å². The lowest BCUT2D eigenvalue weighted by atomic mass is 10.3. The van der Waals surface area contributed by atoms with Gasteiger partial charge in [0, 0.05) is 6.20 Å². The van der Waals surface area contributed by atoms with Crippen molar-refractivity contribution < 1.29 is 14.1 Å². The van der Waals surface area contributed by atoms with Crippen LogP contribution in [0.4, 0.5) is 0 Å². The van der Waals surface area contributed by atoms with Crippen molar-refractivity contribution in [1.29, 1.82) is 0 Å². The minimum Gasteiger partial charge on any atom is -0.364 e. The molecule has 0 saturated carbocycles. The van der Waals surface area contributed by atoms with Crippen LogP contribution in [0.25, 0.3) is 0 Å². The molecule has 0 aliphatic carbocycles. The van der Waals surface area contributed by atoms with Gasteiger partial charge in [0.05, 0.1) is 11.8 Å².